The van der Waals surface area contributed by atoms with Gasteiger partial charge in [-0.1, -0.05) is 0 Å². The number of rotatable bonds is 4. The average molecular weight is 374 g/mol. The van der Waals surface area contributed by atoms with Gasteiger partial charge in [-0.3, -0.25) is 19.1 Å². The Kier molecular flexibility index (Phi) is 5.60. The van der Waals surface area contributed by atoms with Gasteiger partial charge in [0.1, 0.15) is 5.82 Å². The zero-order chi connectivity index (χ0) is 19.6. The second-order valence-corrected chi connectivity index (χ2v) is 8.38. The van der Waals surface area contributed by atoms with Crippen LogP contribution >= 0.6 is 0 Å². The molecule has 1 fully saturated rings. The maximum atomic E-state index is 13.3. The third-order valence-electron chi connectivity index (χ3n) is 4.83. The molecule has 2 aromatic rings. The summed E-state index contributed by atoms with van der Waals surface area (Å²) in [6.45, 7) is 8.60. The number of nitrogens with one attached hydrogen (secondary N) is 1. The summed E-state index contributed by atoms with van der Waals surface area (Å²) >= 11 is 0. The number of hydrogen-bond acceptors (Lipinski definition) is 4. The van der Waals surface area contributed by atoms with Crippen LogP contribution in [0.3, 0.4) is 0 Å². The molecule has 7 heteroatoms. The highest BCUT2D eigenvalue weighted by Gasteiger charge is 2.23. The van der Waals surface area contributed by atoms with Gasteiger partial charge in [-0.15, -0.1) is 0 Å². The number of hydrogen-bond donors (Lipinski definition) is 1. The lowest BCUT2D eigenvalue weighted by molar-refractivity contribution is -0.124. The minimum atomic E-state index is -0.394. The number of nitrogens with zero attached hydrogens (tertiary/aromatic N) is 3. The van der Waals surface area contributed by atoms with E-state index in [1.165, 1.54) is 24.5 Å². The fourth-order valence-corrected chi connectivity index (χ4v) is 3.53. The topological polar surface area (TPSA) is 67.2 Å². The van der Waals surface area contributed by atoms with Gasteiger partial charge >= 0.3 is 0 Å². The molecule has 0 unspecified atom stereocenters. The molecule has 3 rings (SSSR count). The molecule has 6 nitrogen and oxygen atoms in total. The maximum Gasteiger partial charge on any atom is 0.261 e. The largest absolute Gasteiger partial charge is 0.350 e. The summed E-state index contributed by atoms with van der Waals surface area (Å²) in [6.07, 6.45) is 3.36. The van der Waals surface area contributed by atoms with Crippen LogP contribution in [0, 0.1) is 11.7 Å². The first-order valence-corrected chi connectivity index (χ1v) is 9.39. The van der Waals surface area contributed by atoms with Gasteiger partial charge in [0.15, 0.2) is 0 Å². The van der Waals surface area contributed by atoms with Crippen molar-refractivity contribution in [3.05, 3.63) is 40.7 Å². The Morgan fingerprint density at radius 2 is 2.00 bits per heavy atom. The average Bonchev–Trinajstić information content (AvgIpc) is 2.57. The molecule has 2 heterocycles. The predicted molar refractivity (Wildman–Crippen MR) is 103 cm³/mol. The van der Waals surface area contributed by atoms with Gasteiger partial charge < -0.3 is 5.32 Å². The minimum Gasteiger partial charge on any atom is -0.350 e. The molecule has 0 spiro atoms. The van der Waals surface area contributed by atoms with Crippen LogP contribution in [-0.4, -0.2) is 45.5 Å². The van der Waals surface area contributed by atoms with E-state index in [0.29, 0.717) is 29.9 Å². The summed E-state index contributed by atoms with van der Waals surface area (Å²) in [5, 5.41) is 3.42. The van der Waals surface area contributed by atoms with Crippen LogP contribution < -0.4 is 10.9 Å². The molecule has 1 amide bonds. The van der Waals surface area contributed by atoms with E-state index in [9.17, 15) is 14.0 Å². The highest BCUT2D eigenvalue weighted by Crippen LogP contribution is 2.19. The quantitative estimate of drug-likeness (QED) is 0.891. The van der Waals surface area contributed by atoms with E-state index >= 15 is 0 Å². The van der Waals surface area contributed by atoms with Crippen LogP contribution in [0.15, 0.2) is 29.3 Å². The van der Waals surface area contributed by atoms with Crippen molar-refractivity contribution >= 4 is 16.8 Å². The molecular weight excluding hydrogens is 347 g/mol. The second-order valence-electron chi connectivity index (χ2n) is 8.38. The molecule has 1 aliphatic heterocycles. The van der Waals surface area contributed by atoms with Crippen molar-refractivity contribution in [2.24, 2.45) is 5.92 Å². The smallest absolute Gasteiger partial charge is 0.261 e. The van der Waals surface area contributed by atoms with Crippen LogP contribution in [-0.2, 0) is 11.3 Å². The van der Waals surface area contributed by atoms with Crippen molar-refractivity contribution in [2.75, 3.05) is 19.6 Å². The fourth-order valence-electron chi connectivity index (χ4n) is 3.53. The minimum absolute atomic E-state index is 0.0446. The van der Waals surface area contributed by atoms with Gasteiger partial charge in [-0.25, -0.2) is 9.37 Å². The van der Waals surface area contributed by atoms with Gasteiger partial charge in [0.2, 0.25) is 5.91 Å². The Hall–Kier alpha value is -2.28. The summed E-state index contributed by atoms with van der Waals surface area (Å²) in [5.41, 5.74) is 0.0330. The molecule has 0 aliphatic carbocycles. The Morgan fingerprint density at radius 3 is 2.67 bits per heavy atom. The number of amides is 1. The highest BCUT2D eigenvalue weighted by molar-refractivity contribution is 5.78. The zero-order valence-electron chi connectivity index (χ0n) is 16.2. The molecule has 27 heavy (non-hydrogen) atoms. The van der Waals surface area contributed by atoms with Gasteiger partial charge in [0.05, 0.1) is 23.8 Å². The fraction of sp³-hybridized carbons (Fsp3) is 0.550. The van der Waals surface area contributed by atoms with Crippen molar-refractivity contribution < 1.29 is 9.18 Å². The van der Waals surface area contributed by atoms with E-state index in [0.717, 1.165) is 25.9 Å². The number of aromatic nitrogens is 2. The summed E-state index contributed by atoms with van der Waals surface area (Å²) in [4.78, 5) is 31.0. The predicted octanol–water partition coefficient (Wildman–Crippen LogP) is 2.16. The molecule has 1 saturated heterocycles. The highest BCUT2D eigenvalue weighted by atomic mass is 19.1. The van der Waals surface area contributed by atoms with Crippen molar-refractivity contribution in [1.82, 2.24) is 19.8 Å². The number of benzene rings is 1. The Bertz CT molecular complexity index is 880. The second kappa shape index (κ2) is 7.76. The van der Waals surface area contributed by atoms with Crippen LogP contribution in [0.4, 0.5) is 4.39 Å². The lowest BCUT2D eigenvalue weighted by atomic mass is 9.96. The molecule has 0 saturated carbocycles. The van der Waals surface area contributed by atoms with Crippen LogP contribution in [0.5, 0.6) is 0 Å². The molecule has 146 valence electrons. The summed E-state index contributed by atoms with van der Waals surface area (Å²) < 4.78 is 14.9. The number of fused-ring (bicyclic) bond motifs is 1. The molecule has 1 aromatic heterocycles. The van der Waals surface area contributed by atoms with Crippen molar-refractivity contribution in [3.63, 3.8) is 0 Å². The Balaban J connectivity index is 1.57. The van der Waals surface area contributed by atoms with E-state index < -0.39 is 5.82 Å². The van der Waals surface area contributed by atoms with Crippen molar-refractivity contribution in [3.8, 4) is 0 Å². The summed E-state index contributed by atoms with van der Waals surface area (Å²) in [5.74, 6) is 0.0162. The molecule has 0 atom stereocenters. The molecule has 1 aliphatic rings. The number of carbonyl (C=O) groups excluding carboxylic acids is 1. The van der Waals surface area contributed by atoms with Crippen molar-refractivity contribution in [2.45, 2.75) is 45.7 Å². The standard InChI is InChI=1S/C20H27FN4O2/c1-20(2,3)23-18(26)12-24-8-6-14(7-9-24)11-25-13-22-17-10-15(21)4-5-16(17)19(25)27/h4-5,10,13-14H,6-9,11-12H2,1-3H3,(H,23,26). The molecule has 0 bridgehead atoms. The van der Waals surface area contributed by atoms with Crippen LogP contribution in [0.2, 0.25) is 0 Å². The lowest BCUT2D eigenvalue weighted by Crippen LogP contribution is -2.47. The lowest BCUT2D eigenvalue weighted by Gasteiger charge is -2.32. The van der Waals surface area contributed by atoms with Crippen molar-refractivity contribution in [1.29, 1.82) is 0 Å². The molecule has 0 radical (unpaired) electrons. The molecule has 1 N–H and O–H groups in total. The van der Waals surface area contributed by atoms with E-state index in [1.807, 2.05) is 20.8 Å². The number of halogens is 1. The van der Waals surface area contributed by atoms with Gasteiger partial charge in [-0.2, -0.15) is 0 Å². The Labute approximate surface area is 158 Å². The van der Waals surface area contributed by atoms with Crippen LogP contribution in [0.1, 0.15) is 33.6 Å². The molecular formula is C20H27FN4O2. The number of carbonyl (C=O) groups is 1. The monoisotopic (exact) mass is 374 g/mol. The summed E-state index contributed by atoms with van der Waals surface area (Å²) in [6, 6.07) is 4.06. The SMILES string of the molecule is CC(C)(C)NC(=O)CN1CCC(Cn2cnc3cc(F)ccc3c2=O)CC1. The summed E-state index contributed by atoms with van der Waals surface area (Å²) in [7, 11) is 0. The maximum absolute atomic E-state index is 13.3. The van der Waals surface area contributed by atoms with Crippen LogP contribution in [0.25, 0.3) is 10.9 Å². The van der Waals surface area contributed by atoms with Gasteiger partial charge in [0.25, 0.3) is 5.56 Å². The van der Waals surface area contributed by atoms with E-state index in [-0.39, 0.29) is 17.0 Å². The first-order chi connectivity index (χ1) is 12.7. The first-order valence-electron chi connectivity index (χ1n) is 9.39. The van der Waals surface area contributed by atoms with E-state index in [4.69, 9.17) is 0 Å². The zero-order valence-corrected chi connectivity index (χ0v) is 16.2. The van der Waals surface area contributed by atoms with Gasteiger partial charge in [0, 0.05) is 18.2 Å². The number of likely N-dealkylation sites (tertiary alicyclic amines) is 1. The third kappa shape index (κ3) is 5.13. The Morgan fingerprint density at radius 1 is 1.30 bits per heavy atom. The van der Waals surface area contributed by atoms with Gasteiger partial charge in [-0.05, 0) is 64.8 Å². The normalized spacial score (nSPS) is 16.6. The van der Waals surface area contributed by atoms with E-state index in [1.54, 1.807) is 4.57 Å². The molecule has 1 aromatic carbocycles. The number of piperidine rings is 1. The first kappa shape index (κ1) is 19.5. The third-order valence-corrected chi connectivity index (χ3v) is 4.83. The van der Waals surface area contributed by atoms with E-state index in [2.05, 4.69) is 15.2 Å².